The second-order valence-electron chi connectivity index (χ2n) is 7.74. The molecular formula is C21H25FN4O3S. The summed E-state index contributed by atoms with van der Waals surface area (Å²) in [5, 5.41) is 0. The van der Waals surface area contributed by atoms with Crippen LogP contribution >= 0.6 is 0 Å². The molecule has 3 heterocycles. The molecule has 2 aromatic rings. The SMILES string of the molecule is Cc1ccc(N2CCN(C(=O)c3ccc(N4CCCS4(=O)=O)cc3F)CC2)c(C)n1. The van der Waals surface area contributed by atoms with E-state index in [-0.39, 0.29) is 22.9 Å². The van der Waals surface area contributed by atoms with Crippen molar-refractivity contribution in [1.29, 1.82) is 0 Å². The minimum Gasteiger partial charge on any atom is -0.367 e. The predicted molar refractivity (Wildman–Crippen MR) is 114 cm³/mol. The lowest BCUT2D eigenvalue weighted by Gasteiger charge is -2.36. The zero-order valence-electron chi connectivity index (χ0n) is 17.1. The maximum absolute atomic E-state index is 14.7. The first-order valence-corrected chi connectivity index (χ1v) is 11.7. The first kappa shape index (κ1) is 20.6. The number of carbonyl (C=O) groups is 1. The molecule has 2 aliphatic rings. The van der Waals surface area contributed by atoms with Crippen LogP contribution in [0.4, 0.5) is 15.8 Å². The number of halogens is 1. The predicted octanol–water partition coefficient (Wildman–Crippen LogP) is 2.34. The molecule has 0 atom stereocenters. The van der Waals surface area contributed by atoms with E-state index >= 15 is 0 Å². The Labute approximate surface area is 176 Å². The van der Waals surface area contributed by atoms with Crippen molar-refractivity contribution in [2.75, 3.05) is 47.7 Å². The highest BCUT2D eigenvalue weighted by Gasteiger charge is 2.30. The van der Waals surface area contributed by atoms with Crippen molar-refractivity contribution in [2.45, 2.75) is 20.3 Å². The molecule has 1 amide bonds. The number of aromatic nitrogens is 1. The number of benzene rings is 1. The van der Waals surface area contributed by atoms with Crippen LogP contribution in [0.5, 0.6) is 0 Å². The van der Waals surface area contributed by atoms with Gasteiger partial charge >= 0.3 is 0 Å². The number of hydrogen-bond acceptors (Lipinski definition) is 5. The van der Waals surface area contributed by atoms with Gasteiger partial charge in [-0.2, -0.15) is 0 Å². The summed E-state index contributed by atoms with van der Waals surface area (Å²) in [6.45, 7) is 6.50. The molecule has 30 heavy (non-hydrogen) atoms. The lowest BCUT2D eigenvalue weighted by molar-refractivity contribution is 0.0742. The fourth-order valence-electron chi connectivity index (χ4n) is 4.10. The van der Waals surface area contributed by atoms with Crippen molar-refractivity contribution in [3.05, 3.63) is 53.1 Å². The van der Waals surface area contributed by atoms with Crippen LogP contribution in [0.3, 0.4) is 0 Å². The quantitative estimate of drug-likeness (QED) is 0.744. The van der Waals surface area contributed by atoms with E-state index in [1.165, 1.54) is 16.4 Å². The lowest BCUT2D eigenvalue weighted by atomic mass is 10.1. The topological polar surface area (TPSA) is 73.8 Å². The standard InChI is InChI=1S/C21H25FN4O3S/c1-15-4-7-20(16(2)23-15)24-9-11-25(12-10-24)21(27)18-6-5-17(14-19(18)22)26-8-3-13-30(26,28)29/h4-7,14H,3,8-13H2,1-2H3. The summed E-state index contributed by atoms with van der Waals surface area (Å²) < 4.78 is 40.0. The van der Waals surface area contributed by atoms with Gasteiger partial charge in [0.1, 0.15) is 5.82 Å². The highest BCUT2D eigenvalue weighted by atomic mass is 32.2. The summed E-state index contributed by atoms with van der Waals surface area (Å²) in [4.78, 5) is 21.2. The van der Waals surface area contributed by atoms with E-state index in [1.807, 2.05) is 26.0 Å². The van der Waals surface area contributed by atoms with Gasteiger partial charge in [0.15, 0.2) is 0 Å². The molecule has 1 aromatic heterocycles. The molecule has 0 bridgehead atoms. The van der Waals surface area contributed by atoms with E-state index in [9.17, 15) is 17.6 Å². The minimum absolute atomic E-state index is 0.0306. The lowest BCUT2D eigenvalue weighted by Crippen LogP contribution is -2.49. The Morgan fingerprint density at radius 2 is 1.77 bits per heavy atom. The molecule has 2 aliphatic heterocycles. The average molecular weight is 433 g/mol. The Morgan fingerprint density at radius 1 is 1.03 bits per heavy atom. The summed E-state index contributed by atoms with van der Waals surface area (Å²) in [5.74, 6) is -1.00. The van der Waals surface area contributed by atoms with Crippen molar-refractivity contribution in [3.8, 4) is 0 Å². The third kappa shape index (κ3) is 3.86. The molecule has 4 rings (SSSR count). The van der Waals surface area contributed by atoms with Gasteiger partial charge in [0, 0.05) is 38.4 Å². The van der Waals surface area contributed by atoms with E-state index < -0.39 is 15.8 Å². The van der Waals surface area contributed by atoms with Gasteiger partial charge in [-0.25, -0.2) is 12.8 Å². The molecule has 0 N–H and O–H groups in total. The normalized spacial score (nSPS) is 18.7. The third-order valence-electron chi connectivity index (χ3n) is 5.68. The van der Waals surface area contributed by atoms with Crippen molar-refractivity contribution >= 4 is 27.3 Å². The molecule has 0 aliphatic carbocycles. The number of hydrogen-bond donors (Lipinski definition) is 0. The Morgan fingerprint density at radius 3 is 2.37 bits per heavy atom. The van der Waals surface area contributed by atoms with Crippen LogP contribution in [0.1, 0.15) is 28.2 Å². The number of nitrogens with zero attached hydrogens (tertiary/aromatic N) is 4. The Hall–Kier alpha value is -2.68. The largest absolute Gasteiger partial charge is 0.367 e. The molecular weight excluding hydrogens is 407 g/mol. The number of aryl methyl sites for hydroxylation is 2. The Balaban J connectivity index is 1.45. The van der Waals surface area contributed by atoms with Crippen molar-refractivity contribution in [3.63, 3.8) is 0 Å². The second-order valence-corrected chi connectivity index (χ2v) is 9.76. The number of amides is 1. The van der Waals surface area contributed by atoms with Gasteiger partial charge in [0.2, 0.25) is 10.0 Å². The first-order chi connectivity index (χ1) is 14.3. The van der Waals surface area contributed by atoms with Crippen LogP contribution in [-0.4, -0.2) is 62.7 Å². The highest BCUT2D eigenvalue weighted by molar-refractivity contribution is 7.93. The third-order valence-corrected chi connectivity index (χ3v) is 7.54. The maximum Gasteiger partial charge on any atom is 0.256 e. The summed E-state index contributed by atoms with van der Waals surface area (Å²) in [6.07, 6.45) is 0.519. The number of carbonyl (C=O) groups excluding carboxylic acids is 1. The molecule has 0 spiro atoms. The van der Waals surface area contributed by atoms with Gasteiger partial charge in [0.05, 0.1) is 28.4 Å². The number of anilines is 2. The molecule has 7 nitrogen and oxygen atoms in total. The number of pyridine rings is 1. The number of piperazine rings is 1. The van der Waals surface area contributed by atoms with Crippen LogP contribution in [-0.2, 0) is 10.0 Å². The number of sulfonamides is 1. The molecule has 2 saturated heterocycles. The van der Waals surface area contributed by atoms with Crippen molar-refractivity contribution in [1.82, 2.24) is 9.88 Å². The van der Waals surface area contributed by atoms with Crippen LogP contribution in [0.2, 0.25) is 0 Å². The fraction of sp³-hybridized carbons (Fsp3) is 0.429. The molecule has 0 unspecified atom stereocenters. The zero-order chi connectivity index (χ0) is 21.5. The first-order valence-electron chi connectivity index (χ1n) is 10.0. The van der Waals surface area contributed by atoms with E-state index in [0.717, 1.165) is 23.1 Å². The molecule has 160 valence electrons. The number of rotatable bonds is 3. The van der Waals surface area contributed by atoms with Crippen molar-refractivity contribution in [2.24, 2.45) is 0 Å². The zero-order valence-corrected chi connectivity index (χ0v) is 18.0. The van der Waals surface area contributed by atoms with Gasteiger partial charge in [-0.1, -0.05) is 0 Å². The van der Waals surface area contributed by atoms with Gasteiger partial charge in [-0.3, -0.25) is 14.1 Å². The van der Waals surface area contributed by atoms with Crippen LogP contribution in [0.25, 0.3) is 0 Å². The van der Waals surface area contributed by atoms with Gasteiger partial charge in [0.25, 0.3) is 5.91 Å². The van der Waals surface area contributed by atoms with Gasteiger partial charge in [-0.15, -0.1) is 0 Å². The highest BCUT2D eigenvalue weighted by Crippen LogP contribution is 2.27. The molecule has 1 aromatic carbocycles. The molecule has 0 saturated carbocycles. The summed E-state index contributed by atoms with van der Waals surface area (Å²) in [6, 6.07) is 8.06. The minimum atomic E-state index is -3.39. The summed E-state index contributed by atoms with van der Waals surface area (Å²) in [7, 11) is -3.39. The van der Waals surface area contributed by atoms with Gasteiger partial charge in [-0.05, 0) is 50.6 Å². The maximum atomic E-state index is 14.7. The van der Waals surface area contributed by atoms with E-state index in [2.05, 4.69) is 9.88 Å². The monoisotopic (exact) mass is 432 g/mol. The van der Waals surface area contributed by atoms with Gasteiger partial charge < -0.3 is 9.80 Å². The average Bonchev–Trinajstić information content (AvgIpc) is 3.06. The smallest absolute Gasteiger partial charge is 0.256 e. The van der Waals surface area contributed by atoms with Crippen molar-refractivity contribution < 1.29 is 17.6 Å². The molecule has 9 heteroatoms. The summed E-state index contributed by atoms with van der Waals surface area (Å²) >= 11 is 0. The van der Waals surface area contributed by atoms with Crippen LogP contribution in [0, 0.1) is 19.7 Å². The van der Waals surface area contributed by atoms with E-state index in [1.54, 1.807) is 4.90 Å². The molecule has 2 fully saturated rings. The Bertz CT molecular complexity index is 1080. The van der Waals surface area contributed by atoms with Crippen LogP contribution in [0.15, 0.2) is 30.3 Å². The van der Waals surface area contributed by atoms with E-state index in [4.69, 9.17) is 0 Å². The summed E-state index contributed by atoms with van der Waals surface area (Å²) in [5.41, 5.74) is 3.21. The fourth-order valence-corrected chi connectivity index (χ4v) is 5.65. The second kappa shape index (κ2) is 7.86. The van der Waals surface area contributed by atoms with E-state index in [0.29, 0.717) is 39.1 Å². The molecule has 0 radical (unpaired) electrons. The van der Waals surface area contributed by atoms with Crippen LogP contribution < -0.4 is 9.21 Å². The Kier molecular flexibility index (Phi) is 5.40.